The minimum atomic E-state index is -0.777. The van der Waals surface area contributed by atoms with Gasteiger partial charge in [0.15, 0.2) is 0 Å². The van der Waals surface area contributed by atoms with E-state index in [9.17, 15) is 24.6 Å². The summed E-state index contributed by atoms with van der Waals surface area (Å²) in [6.07, 6.45) is 5.51. The number of phenols is 1. The van der Waals surface area contributed by atoms with Crippen LogP contribution in [0.3, 0.4) is 0 Å². The van der Waals surface area contributed by atoms with Crippen LogP contribution in [0, 0.1) is 6.92 Å². The molecule has 14 heteroatoms. The van der Waals surface area contributed by atoms with Gasteiger partial charge in [0.1, 0.15) is 11.5 Å². The van der Waals surface area contributed by atoms with Gasteiger partial charge < -0.3 is 46.1 Å². The molecule has 7 aromatic rings. The van der Waals surface area contributed by atoms with Crippen LogP contribution in [-0.4, -0.2) is 82.3 Å². The first kappa shape index (κ1) is 46.7. The van der Waals surface area contributed by atoms with E-state index in [0.29, 0.717) is 65.6 Å². The molecule has 1 fully saturated rings. The number of nitrogens with one attached hydrogen (secondary N) is 3. The predicted octanol–water partition coefficient (Wildman–Crippen LogP) is 9.17. The number of rotatable bonds is 17. The number of likely N-dealkylation sites (tertiary alicyclic amines) is 1. The smallest absolute Gasteiger partial charge is 0.320 e. The second-order valence-corrected chi connectivity index (χ2v) is 18.4. The van der Waals surface area contributed by atoms with E-state index in [1.165, 1.54) is 29.5 Å². The number of H-pyrrole nitrogens is 1. The van der Waals surface area contributed by atoms with Crippen LogP contribution < -0.4 is 26.7 Å². The lowest BCUT2D eigenvalue weighted by Gasteiger charge is -2.35. The molecule has 1 atom stereocenters. The number of unbranched alkanes of at least 4 members (excludes halogenated alkanes) is 1. The third-order valence-electron chi connectivity index (χ3n) is 12.5. The summed E-state index contributed by atoms with van der Waals surface area (Å²) in [7, 11) is 3.47. The summed E-state index contributed by atoms with van der Waals surface area (Å²) in [5.41, 5.74) is 13.5. The van der Waals surface area contributed by atoms with Gasteiger partial charge in [-0.05, 0) is 128 Å². The maximum atomic E-state index is 13.7. The lowest BCUT2D eigenvalue weighted by molar-refractivity contribution is 0.100. The van der Waals surface area contributed by atoms with Gasteiger partial charge in [-0.15, -0.1) is 0 Å². The summed E-state index contributed by atoms with van der Waals surface area (Å²) in [5, 5.41) is 29.1. The van der Waals surface area contributed by atoms with Gasteiger partial charge in [0.25, 0.3) is 5.91 Å². The number of amides is 3. The van der Waals surface area contributed by atoms with E-state index in [-0.39, 0.29) is 17.3 Å². The number of piperidine rings is 1. The summed E-state index contributed by atoms with van der Waals surface area (Å²) in [5.74, 6) is 0.489. The Balaban J connectivity index is 0.798. The average molecular weight is 920 g/mol. The number of aliphatic hydroxyl groups is 1. The van der Waals surface area contributed by atoms with E-state index in [0.717, 1.165) is 76.2 Å². The fourth-order valence-corrected chi connectivity index (χ4v) is 9.98. The number of nitrogens with zero attached hydrogens (tertiary/aromatic N) is 3. The molecule has 0 aliphatic carbocycles. The molecule has 0 radical (unpaired) electrons. The summed E-state index contributed by atoms with van der Waals surface area (Å²) in [6.45, 7) is 5.02. The highest BCUT2D eigenvalue weighted by Gasteiger charge is 2.26. The number of fused-ring (bicyclic) bond motifs is 2. The predicted molar refractivity (Wildman–Crippen MR) is 266 cm³/mol. The summed E-state index contributed by atoms with van der Waals surface area (Å²) >= 11 is 1.61. The molecule has 0 saturated carbocycles. The molecule has 346 valence electrons. The van der Waals surface area contributed by atoms with Crippen LogP contribution in [0.25, 0.3) is 21.8 Å². The van der Waals surface area contributed by atoms with Crippen molar-refractivity contribution in [2.45, 2.75) is 67.4 Å². The van der Waals surface area contributed by atoms with Crippen LogP contribution in [0.1, 0.15) is 75.9 Å². The molecule has 2 aromatic heterocycles. The maximum Gasteiger partial charge on any atom is 0.320 e. The molecule has 13 nitrogen and oxygen atoms in total. The van der Waals surface area contributed by atoms with Gasteiger partial charge >= 0.3 is 6.03 Å². The monoisotopic (exact) mass is 919 g/mol. The van der Waals surface area contributed by atoms with Crippen molar-refractivity contribution in [3.05, 3.63) is 159 Å². The lowest BCUT2D eigenvalue weighted by Crippen LogP contribution is -2.44. The number of aryl methyl sites for hydroxylation is 2. The number of primary amides is 1. The molecule has 0 unspecified atom stereocenters. The largest absolute Gasteiger partial charge is 0.506 e. The molecule has 1 aliphatic heterocycles. The topological polar surface area (TPSA) is 186 Å². The Kier molecular flexibility index (Phi) is 14.7. The Morgan fingerprint density at radius 3 is 2.51 bits per heavy atom. The quantitative estimate of drug-likeness (QED) is 0.0481. The highest BCUT2D eigenvalue weighted by atomic mass is 32.2. The standard InChI is InChI=1S/C53H57N7O6S/c1-33-26-41(29-44-49(33)56-30-45(52(54)64)50(44)57-38-10-7-11-39(28-38)66-3)67-40-12-6-9-35(27-40)32-59(2)53(65)60-24-21-37(22-25-60)36-15-13-34(14-16-36)8-4-5-23-55-31-47(62)42-17-19-46(61)51-43(42)18-20-48(63)58-51/h6-7,9-20,26-30,37,47,55,61-62H,4-5,8,21-25,31-32H2,1-3H3,(H2,54,64)(H,56,57)(H,58,63)/t47-/m0/s1. The van der Waals surface area contributed by atoms with Crippen LogP contribution in [0.4, 0.5) is 16.2 Å². The van der Waals surface area contributed by atoms with Crippen molar-refractivity contribution in [3.63, 3.8) is 0 Å². The van der Waals surface area contributed by atoms with Crippen molar-refractivity contribution < 1.29 is 24.5 Å². The van der Waals surface area contributed by atoms with E-state index in [2.05, 4.69) is 63.1 Å². The lowest BCUT2D eigenvalue weighted by atomic mass is 9.89. The van der Waals surface area contributed by atoms with Crippen LogP contribution in [0.2, 0.25) is 0 Å². The van der Waals surface area contributed by atoms with Crippen molar-refractivity contribution in [1.29, 1.82) is 0 Å². The zero-order valence-corrected chi connectivity index (χ0v) is 38.9. The van der Waals surface area contributed by atoms with Gasteiger partial charge in [0.05, 0.1) is 35.5 Å². The van der Waals surface area contributed by atoms with E-state index < -0.39 is 12.0 Å². The number of pyridine rings is 2. The molecule has 0 bridgehead atoms. The molecular weight excluding hydrogens is 863 g/mol. The number of carbonyl (C=O) groups excluding carboxylic acids is 2. The van der Waals surface area contributed by atoms with Gasteiger partial charge in [-0.1, -0.05) is 60.3 Å². The molecule has 1 aliphatic rings. The summed E-state index contributed by atoms with van der Waals surface area (Å²) in [6, 6.07) is 35.0. The number of aromatic amines is 1. The van der Waals surface area contributed by atoms with Gasteiger partial charge in [-0.25, -0.2) is 4.79 Å². The molecule has 3 amide bonds. The zero-order chi connectivity index (χ0) is 47.0. The van der Waals surface area contributed by atoms with Crippen molar-refractivity contribution in [2.24, 2.45) is 5.73 Å². The minimum Gasteiger partial charge on any atom is -0.506 e. The highest BCUT2D eigenvalue weighted by Crippen LogP contribution is 2.38. The molecule has 0 spiro atoms. The first-order valence-corrected chi connectivity index (χ1v) is 23.5. The SMILES string of the molecule is COc1cccc(Nc2c(C(N)=O)cnc3c(C)cc(Sc4cccc(CN(C)C(=O)N5CCC(c6ccc(CCCCNC[C@H](O)c7ccc(O)c8[nH]c(=O)ccc78)cc6)CC5)c4)cc23)c1. The number of hydrogen-bond donors (Lipinski definition) is 6. The van der Waals surface area contributed by atoms with Crippen LogP contribution in [-0.2, 0) is 13.0 Å². The second-order valence-electron chi connectivity index (χ2n) is 17.3. The number of phenolic OH excluding ortho intramolecular Hbond substituents is 1. The number of nitrogens with two attached hydrogens (primary N) is 1. The van der Waals surface area contributed by atoms with Crippen molar-refractivity contribution in [2.75, 3.05) is 45.7 Å². The second kappa shape index (κ2) is 21.2. The molecule has 7 N–H and O–H groups in total. The average Bonchev–Trinajstić information content (AvgIpc) is 3.33. The van der Waals surface area contributed by atoms with Crippen LogP contribution >= 0.6 is 11.8 Å². The molecule has 3 heterocycles. The van der Waals surface area contributed by atoms with Crippen LogP contribution in [0.15, 0.2) is 130 Å². The number of aromatic nitrogens is 2. The summed E-state index contributed by atoms with van der Waals surface area (Å²) < 4.78 is 5.41. The third kappa shape index (κ3) is 11.2. The highest BCUT2D eigenvalue weighted by molar-refractivity contribution is 7.99. The Hall–Kier alpha value is -6.87. The van der Waals surface area contributed by atoms with Crippen molar-refractivity contribution >= 4 is 56.9 Å². The minimum absolute atomic E-state index is 0.0230. The first-order valence-electron chi connectivity index (χ1n) is 22.7. The fraction of sp³-hybridized carbons (Fsp3) is 0.283. The Morgan fingerprint density at radius 2 is 1.73 bits per heavy atom. The Bertz CT molecular complexity index is 2950. The van der Waals surface area contributed by atoms with Crippen molar-refractivity contribution in [1.82, 2.24) is 25.1 Å². The van der Waals surface area contributed by atoms with E-state index in [1.54, 1.807) is 35.9 Å². The van der Waals surface area contributed by atoms with E-state index in [1.807, 2.05) is 61.3 Å². The molecular formula is C53H57N7O6S. The van der Waals surface area contributed by atoms with Gasteiger partial charge in [-0.2, -0.15) is 0 Å². The zero-order valence-electron chi connectivity index (χ0n) is 38.1. The van der Waals surface area contributed by atoms with Gasteiger partial charge in [0, 0.05) is 77.8 Å². The first-order chi connectivity index (χ1) is 32.4. The Morgan fingerprint density at radius 1 is 0.940 bits per heavy atom. The number of carbonyl (C=O) groups is 2. The third-order valence-corrected chi connectivity index (χ3v) is 13.5. The Labute approximate surface area is 394 Å². The van der Waals surface area contributed by atoms with Gasteiger partial charge in [0.2, 0.25) is 5.56 Å². The molecule has 5 aromatic carbocycles. The number of anilines is 2. The fourth-order valence-electron chi connectivity index (χ4n) is 8.94. The molecule has 67 heavy (non-hydrogen) atoms. The maximum absolute atomic E-state index is 13.7. The normalized spacial score (nSPS) is 13.5. The van der Waals surface area contributed by atoms with Crippen molar-refractivity contribution in [3.8, 4) is 11.5 Å². The van der Waals surface area contributed by atoms with E-state index in [4.69, 9.17) is 10.5 Å². The number of ether oxygens (including phenoxy) is 1. The number of aromatic hydroxyl groups is 1. The number of benzene rings is 5. The number of urea groups is 1. The number of aliphatic hydroxyl groups excluding tert-OH is 1. The summed E-state index contributed by atoms with van der Waals surface area (Å²) in [4.78, 5) is 51.0. The number of hydrogen-bond acceptors (Lipinski definition) is 10. The molecule has 8 rings (SSSR count). The van der Waals surface area contributed by atoms with E-state index >= 15 is 0 Å². The van der Waals surface area contributed by atoms with Gasteiger partial charge in [-0.3, -0.25) is 14.6 Å². The number of methoxy groups -OCH3 is 1. The molecule has 1 saturated heterocycles. The van der Waals surface area contributed by atoms with Crippen LogP contribution in [0.5, 0.6) is 11.5 Å².